The van der Waals surface area contributed by atoms with Gasteiger partial charge in [-0.15, -0.1) is 0 Å². The second kappa shape index (κ2) is 7.82. The molecule has 0 spiro atoms. The van der Waals surface area contributed by atoms with Crippen molar-refractivity contribution < 1.29 is 13.5 Å². The zero-order valence-corrected chi connectivity index (χ0v) is 20.0. The lowest BCUT2D eigenvalue weighted by Crippen LogP contribution is -2.63. The molecule has 1 aromatic heterocycles. The van der Waals surface area contributed by atoms with Crippen LogP contribution in [0.3, 0.4) is 0 Å². The largest absolute Gasteiger partial charge is 0.393 e. The van der Waals surface area contributed by atoms with Gasteiger partial charge >= 0.3 is 0 Å². The number of rotatable bonds is 5. The van der Waals surface area contributed by atoms with Crippen LogP contribution in [0.1, 0.15) is 43.6 Å². The Bertz CT molecular complexity index is 1340. The fourth-order valence-corrected chi connectivity index (χ4v) is 7.82. The molecule has 2 saturated heterocycles. The molecule has 3 aromatic rings. The third kappa shape index (κ3) is 3.70. The molecule has 1 aliphatic carbocycles. The second-order valence-corrected chi connectivity index (χ2v) is 11.9. The molecule has 2 aromatic carbocycles. The number of nitrogens with zero attached hydrogens (tertiary/aromatic N) is 2. The molecular formula is C24H23Cl2N3O3S. The molecule has 2 aliphatic heterocycles. The van der Waals surface area contributed by atoms with Gasteiger partial charge in [-0.3, -0.25) is 0 Å². The van der Waals surface area contributed by atoms with E-state index >= 15 is 0 Å². The van der Waals surface area contributed by atoms with Crippen molar-refractivity contribution >= 4 is 33.2 Å². The number of hydrogen-bond donors (Lipinski definition) is 2. The van der Waals surface area contributed by atoms with Gasteiger partial charge in [0.05, 0.1) is 23.0 Å². The van der Waals surface area contributed by atoms with Crippen LogP contribution in [-0.2, 0) is 10.0 Å². The first-order valence-corrected chi connectivity index (χ1v) is 13.4. The Morgan fingerprint density at radius 1 is 0.970 bits per heavy atom. The van der Waals surface area contributed by atoms with E-state index < -0.39 is 16.1 Å². The number of aliphatic hydroxyl groups excluding tert-OH is 1. The highest BCUT2D eigenvalue weighted by atomic mass is 35.5. The summed E-state index contributed by atoms with van der Waals surface area (Å²) in [7, 11) is -3.77. The van der Waals surface area contributed by atoms with E-state index in [2.05, 4.69) is 16.0 Å². The van der Waals surface area contributed by atoms with Crippen LogP contribution in [-0.4, -0.2) is 46.0 Å². The number of sulfonamides is 1. The molecule has 2 N–H and O–H groups in total. The molecule has 3 fully saturated rings. The molecule has 172 valence electrons. The molecule has 2 unspecified atom stereocenters. The highest BCUT2D eigenvalue weighted by Crippen LogP contribution is 2.45. The number of H-pyrrole nitrogens is 1. The van der Waals surface area contributed by atoms with Crippen molar-refractivity contribution in [3.63, 3.8) is 0 Å². The first-order valence-electron chi connectivity index (χ1n) is 11.2. The quantitative estimate of drug-likeness (QED) is 0.499. The first-order chi connectivity index (χ1) is 15.8. The average molecular weight is 504 g/mol. The molecule has 3 heterocycles. The average Bonchev–Trinajstić information content (AvgIpc) is 3.49. The predicted molar refractivity (Wildman–Crippen MR) is 128 cm³/mol. The van der Waals surface area contributed by atoms with Crippen molar-refractivity contribution in [2.24, 2.45) is 0 Å². The minimum Gasteiger partial charge on any atom is -0.393 e. The summed E-state index contributed by atoms with van der Waals surface area (Å²) in [5.41, 5.74) is 3.64. The zero-order chi connectivity index (χ0) is 22.9. The molecule has 9 heteroatoms. The number of imidazole rings is 1. The van der Waals surface area contributed by atoms with Crippen LogP contribution in [0.2, 0.25) is 10.0 Å². The molecule has 2 atom stereocenters. The molecule has 3 aliphatic rings. The van der Waals surface area contributed by atoms with Gasteiger partial charge in [0.25, 0.3) is 0 Å². The summed E-state index contributed by atoms with van der Waals surface area (Å²) in [5, 5.41) is 10.9. The van der Waals surface area contributed by atoms with Crippen molar-refractivity contribution in [1.29, 1.82) is 0 Å². The van der Waals surface area contributed by atoms with Gasteiger partial charge in [-0.25, -0.2) is 13.4 Å². The Morgan fingerprint density at radius 2 is 1.67 bits per heavy atom. The van der Waals surface area contributed by atoms with E-state index in [1.807, 2.05) is 12.1 Å². The number of benzene rings is 2. The number of halogens is 2. The van der Waals surface area contributed by atoms with Gasteiger partial charge in [-0.1, -0.05) is 29.3 Å². The van der Waals surface area contributed by atoms with Crippen LogP contribution in [0.15, 0.2) is 47.5 Å². The summed E-state index contributed by atoms with van der Waals surface area (Å²) < 4.78 is 28.4. The van der Waals surface area contributed by atoms with Crippen molar-refractivity contribution in [2.75, 3.05) is 0 Å². The number of aliphatic hydroxyl groups is 1. The Labute approximate surface area is 202 Å². The lowest BCUT2D eigenvalue weighted by molar-refractivity contribution is -0.0266. The highest BCUT2D eigenvalue weighted by Gasteiger charge is 2.51. The van der Waals surface area contributed by atoms with Gasteiger partial charge in [0, 0.05) is 22.7 Å². The highest BCUT2D eigenvalue weighted by molar-refractivity contribution is 7.89. The van der Waals surface area contributed by atoms with Crippen LogP contribution in [0.25, 0.3) is 22.6 Å². The van der Waals surface area contributed by atoms with Gasteiger partial charge < -0.3 is 10.1 Å². The van der Waals surface area contributed by atoms with Gasteiger partial charge in [-0.2, -0.15) is 4.31 Å². The Hall–Kier alpha value is -1.90. The maximum absolute atomic E-state index is 13.4. The van der Waals surface area contributed by atoms with E-state index in [-0.39, 0.29) is 22.0 Å². The van der Waals surface area contributed by atoms with E-state index in [4.69, 9.17) is 23.2 Å². The van der Waals surface area contributed by atoms with Gasteiger partial charge in [-0.05, 0) is 79.5 Å². The lowest BCUT2D eigenvalue weighted by atomic mass is 9.81. The number of aromatic nitrogens is 2. The number of piperidine rings is 1. The van der Waals surface area contributed by atoms with E-state index in [0.717, 1.165) is 41.1 Å². The fourth-order valence-electron chi connectivity index (χ4n) is 5.19. The van der Waals surface area contributed by atoms with E-state index in [1.165, 1.54) is 4.31 Å². The Morgan fingerprint density at radius 3 is 2.39 bits per heavy atom. The van der Waals surface area contributed by atoms with E-state index in [0.29, 0.717) is 30.1 Å². The molecule has 6 rings (SSSR count). The summed E-state index contributed by atoms with van der Waals surface area (Å²) >= 11 is 12.7. The summed E-state index contributed by atoms with van der Waals surface area (Å²) in [6.45, 7) is 0. The third-order valence-corrected chi connectivity index (χ3v) is 9.84. The molecule has 0 radical (unpaired) electrons. The standard InChI is InChI=1S/C24H23Cl2N3O3S/c25-20-5-3-14(7-19(20)13-1-2-13)22-12-27-24(28-22)15-4-6-21(26)23(8-15)33(31,32)29-16-9-17(29)11-18(30)10-16/h3-8,12-13,16-18,30H,1-2,9-11H2,(H,27,28). The van der Waals surface area contributed by atoms with Crippen LogP contribution in [0.5, 0.6) is 0 Å². The Balaban J connectivity index is 1.32. The summed E-state index contributed by atoms with van der Waals surface area (Å²) in [4.78, 5) is 7.89. The number of aromatic amines is 1. The van der Waals surface area contributed by atoms with Gasteiger partial charge in [0.1, 0.15) is 10.7 Å². The maximum atomic E-state index is 13.4. The van der Waals surface area contributed by atoms with Crippen molar-refractivity contribution in [1.82, 2.24) is 14.3 Å². The first kappa shape index (κ1) is 21.6. The van der Waals surface area contributed by atoms with Gasteiger partial charge in [0.15, 0.2) is 0 Å². The van der Waals surface area contributed by atoms with Crippen molar-refractivity contribution in [3.8, 4) is 22.6 Å². The fraction of sp³-hybridized carbons (Fsp3) is 0.375. The summed E-state index contributed by atoms with van der Waals surface area (Å²) in [6.07, 6.45) is 5.38. The lowest BCUT2D eigenvalue weighted by Gasteiger charge is -2.52. The molecule has 6 nitrogen and oxygen atoms in total. The normalized spacial score (nSPS) is 25.1. The van der Waals surface area contributed by atoms with Crippen molar-refractivity contribution in [2.45, 2.75) is 61.1 Å². The van der Waals surface area contributed by atoms with Crippen LogP contribution in [0.4, 0.5) is 0 Å². The van der Waals surface area contributed by atoms with E-state index in [9.17, 15) is 13.5 Å². The minimum atomic E-state index is -3.77. The Kier molecular flexibility index (Phi) is 5.12. The second-order valence-electron chi connectivity index (χ2n) is 9.30. The number of nitrogens with one attached hydrogen (secondary N) is 1. The maximum Gasteiger partial charge on any atom is 0.245 e. The molecule has 0 amide bonds. The molecular weight excluding hydrogens is 481 g/mol. The monoisotopic (exact) mass is 503 g/mol. The SMILES string of the molecule is O=S(=O)(c1cc(-c2ncc(-c3ccc(Cl)c(C4CC4)c3)[nH]2)ccc1Cl)N1C2CC(O)CC1C2. The zero-order valence-electron chi connectivity index (χ0n) is 17.7. The van der Waals surface area contributed by atoms with Gasteiger partial charge in [0.2, 0.25) is 10.0 Å². The number of hydrogen-bond acceptors (Lipinski definition) is 4. The van der Waals surface area contributed by atoms with Crippen molar-refractivity contribution in [3.05, 3.63) is 58.2 Å². The summed E-state index contributed by atoms with van der Waals surface area (Å²) in [5.74, 6) is 1.10. The molecule has 33 heavy (non-hydrogen) atoms. The summed E-state index contributed by atoms with van der Waals surface area (Å²) in [6, 6.07) is 10.6. The molecule has 2 bridgehead atoms. The van der Waals surface area contributed by atoms with Crippen LogP contribution >= 0.6 is 23.2 Å². The predicted octanol–water partition coefficient (Wildman–Crippen LogP) is 5.21. The minimum absolute atomic E-state index is 0.0771. The van der Waals surface area contributed by atoms with E-state index in [1.54, 1.807) is 24.4 Å². The molecule has 1 saturated carbocycles. The third-order valence-electron chi connectivity index (χ3n) is 7.01. The number of fused-ring (bicyclic) bond motifs is 2. The topological polar surface area (TPSA) is 86.3 Å². The smallest absolute Gasteiger partial charge is 0.245 e. The van der Waals surface area contributed by atoms with Crippen LogP contribution < -0.4 is 0 Å². The van der Waals surface area contributed by atoms with Crippen LogP contribution in [0, 0.1) is 0 Å².